The van der Waals surface area contributed by atoms with Crippen LogP contribution in [-0.4, -0.2) is 29.4 Å². The van der Waals surface area contributed by atoms with Crippen LogP contribution in [0.3, 0.4) is 0 Å². The fourth-order valence-electron chi connectivity index (χ4n) is 2.74. The summed E-state index contributed by atoms with van der Waals surface area (Å²) in [6.07, 6.45) is 4.07. The first kappa shape index (κ1) is 18.2. The van der Waals surface area contributed by atoms with E-state index in [4.69, 9.17) is 4.74 Å². The SMILES string of the molecule is CCCC(CCC)C(=O)Nc1n[nH]c2ccc(OCCCF)cc12. The van der Waals surface area contributed by atoms with Crippen LogP contribution in [0.1, 0.15) is 46.0 Å². The zero-order chi connectivity index (χ0) is 17.4. The lowest BCUT2D eigenvalue weighted by molar-refractivity contribution is -0.120. The Morgan fingerprint density at radius 2 is 2.08 bits per heavy atom. The van der Waals surface area contributed by atoms with Crippen molar-refractivity contribution in [1.82, 2.24) is 10.2 Å². The number of ether oxygens (including phenoxy) is 1. The highest BCUT2D eigenvalue weighted by Gasteiger charge is 2.19. The molecule has 0 atom stereocenters. The third-order valence-corrected chi connectivity index (χ3v) is 3.97. The van der Waals surface area contributed by atoms with Crippen LogP contribution in [0.4, 0.5) is 10.2 Å². The van der Waals surface area contributed by atoms with Crippen molar-refractivity contribution in [3.05, 3.63) is 18.2 Å². The summed E-state index contributed by atoms with van der Waals surface area (Å²) < 4.78 is 17.7. The smallest absolute Gasteiger partial charge is 0.228 e. The second-order valence-electron chi connectivity index (χ2n) is 5.93. The predicted octanol–water partition coefficient (Wildman–Crippen LogP) is 4.46. The summed E-state index contributed by atoms with van der Waals surface area (Å²) >= 11 is 0. The third kappa shape index (κ3) is 4.69. The van der Waals surface area contributed by atoms with Crippen molar-refractivity contribution >= 4 is 22.6 Å². The molecule has 2 aromatic rings. The fourth-order valence-corrected chi connectivity index (χ4v) is 2.74. The maximum Gasteiger partial charge on any atom is 0.228 e. The van der Waals surface area contributed by atoms with Crippen LogP contribution in [0.25, 0.3) is 10.9 Å². The molecule has 132 valence electrons. The van der Waals surface area contributed by atoms with Crippen molar-refractivity contribution in [3.8, 4) is 5.75 Å². The molecule has 0 unspecified atom stereocenters. The van der Waals surface area contributed by atoms with Gasteiger partial charge in [-0.1, -0.05) is 26.7 Å². The number of carbonyl (C=O) groups excluding carboxylic acids is 1. The maximum atomic E-state index is 12.5. The van der Waals surface area contributed by atoms with Crippen LogP contribution in [0.2, 0.25) is 0 Å². The van der Waals surface area contributed by atoms with E-state index in [2.05, 4.69) is 29.4 Å². The van der Waals surface area contributed by atoms with Gasteiger partial charge in [-0.15, -0.1) is 0 Å². The molecule has 2 N–H and O–H groups in total. The Hall–Kier alpha value is -2.11. The van der Waals surface area contributed by atoms with Crippen LogP contribution < -0.4 is 10.1 Å². The minimum absolute atomic E-state index is 0.00994. The molecule has 0 saturated carbocycles. The van der Waals surface area contributed by atoms with E-state index in [-0.39, 0.29) is 11.8 Å². The Balaban J connectivity index is 2.12. The van der Waals surface area contributed by atoms with E-state index in [9.17, 15) is 9.18 Å². The predicted molar refractivity (Wildman–Crippen MR) is 94.1 cm³/mol. The minimum atomic E-state index is -0.397. The summed E-state index contributed by atoms with van der Waals surface area (Å²) in [5.74, 6) is 1.18. The molecule has 0 spiro atoms. The molecule has 0 aliphatic rings. The summed E-state index contributed by atoms with van der Waals surface area (Å²) in [4.78, 5) is 12.5. The van der Waals surface area contributed by atoms with Gasteiger partial charge in [0, 0.05) is 17.7 Å². The van der Waals surface area contributed by atoms with E-state index in [0.717, 1.165) is 36.6 Å². The summed E-state index contributed by atoms with van der Waals surface area (Å²) in [6.45, 7) is 4.10. The minimum Gasteiger partial charge on any atom is -0.493 e. The van der Waals surface area contributed by atoms with Gasteiger partial charge in [0.15, 0.2) is 5.82 Å². The largest absolute Gasteiger partial charge is 0.493 e. The van der Waals surface area contributed by atoms with Crippen molar-refractivity contribution in [2.45, 2.75) is 46.0 Å². The second kappa shape index (κ2) is 9.25. The molecule has 1 aromatic carbocycles. The Morgan fingerprint density at radius 3 is 2.75 bits per heavy atom. The first-order valence-corrected chi connectivity index (χ1v) is 8.67. The number of halogens is 1. The maximum absolute atomic E-state index is 12.5. The van der Waals surface area contributed by atoms with Gasteiger partial charge in [-0.3, -0.25) is 14.3 Å². The Bertz CT molecular complexity index is 651. The van der Waals surface area contributed by atoms with Gasteiger partial charge < -0.3 is 10.1 Å². The molecule has 0 aliphatic heterocycles. The number of aromatic nitrogens is 2. The summed E-state index contributed by atoms with van der Waals surface area (Å²) in [5.41, 5.74) is 0.825. The van der Waals surface area contributed by atoms with Gasteiger partial charge in [-0.25, -0.2) is 0 Å². The first-order chi connectivity index (χ1) is 11.7. The number of fused-ring (bicyclic) bond motifs is 1. The molecule has 2 rings (SSSR count). The lowest BCUT2D eigenvalue weighted by atomic mass is 9.97. The number of nitrogens with one attached hydrogen (secondary N) is 2. The van der Waals surface area contributed by atoms with Gasteiger partial charge in [0.1, 0.15) is 5.75 Å². The van der Waals surface area contributed by atoms with Crippen LogP contribution in [0.5, 0.6) is 5.75 Å². The lowest BCUT2D eigenvalue weighted by Gasteiger charge is -2.14. The topological polar surface area (TPSA) is 67.0 Å². The quantitative estimate of drug-likeness (QED) is 0.630. The Morgan fingerprint density at radius 1 is 1.33 bits per heavy atom. The van der Waals surface area contributed by atoms with E-state index in [1.165, 1.54) is 0 Å². The first-order valence-electron chi connectivity index (χ1n) is 8.67. The molecule has 1 amide bonds. The van der Waals surface area contributed by atoms with Crippen LogP contribution in [0.15, 0.2) is 18.2 Å². The van der Waals surface area contributed by atoms with E-state index >= 15 is 0 Å². The number of hydrogen-bond donors (Lipinski definition) is 2. The zero-order valence-electron chi connectivity index (χ0n) is 14.4. The molecule has 0 radical (unpaired) electrons. The number of amides is 1. The van der Waals surface area contributed by atoms with E-state index < -0.39 is 6.67 Å². The summed E-state index contributed by atoms with van der Waals surface area (Å²) in [7, 11) is 0. The number of anilines is 1. The molecule has 5 nitrogen and oxygen atoms in total. The van der Waals surface area contributed by atoms with Gasteiger partial charge in [0.2, 0.25) is 5.91 Å². The third-order valence-electron chi connectivity index (χ3n) is 3.97. The number of hydrogen-bond acceptors (Lipinski definition) is 3. The molecule has 1 aromatic heterocycles. The van der Waals surface area contributed by atoms with Crippen molar-refractivity contribution < 1.29 is 13.9 Å². The number of H-pyrrole nitrogens is 1. The van der Waals surface area contributed by atoms with Crippen molar-refractivity contribution in [3.63, 3.8) is 0 Å². The average molecular weight is 335 g/mol. The number of aromatic amines is 1. The van der Waals surface area contributed by atoms with Gasteiger partial charge in [-0.2, -0.15) is 5.10 Å². The van der Waals surface area contributed by atoms with Gasteiger partial charge in [0.25, 0.3) is 0 Å². The van der Waals surface area contributed by atoms with Gasteiger partial charge >= 0.3 is 0 Å². The summed E-state index contributed by atoms with van der Waals surface area (Å²) in [6, 6.07) is 5.47. The standard InChI is InChI=1S/C18H26FN3O2/c1-3-6-13(7-4-2)18(23)20-17-15-12-14(24-11-5-10-19)8-9-16(15)21-22-17/h8-9,12-13H,3-7,10-11H2,1-2H3,(H2,20,21,22,23). The molecular formula is C18H26FN3O2. The average Bonchev–Trinajstić information content (AvgIpc) is 2.97. The van der Waals surface area contributed by atoms with Gasteiger partial charge in [-0.05, 0) is 31.0 Å². The molecular weight excluding hydrogens is 309 g/mol. The Kier molecular flexibility index (Phi) is 7.03. The van der Waals surface area contributed by atoms with Crippen molar-refractivity contribution in [2.75, 3.05) is 18.6 Å². The zero-order valence-corrected chi connectivity index (χ0v) is 14.4. The monoisotopic (exact) mass is 335 g/mol. The second-order valence-corrected chi connectivity index (χ2v) is 5.93. The number of benzene rings is 1. The fraction of sp³-hybridized carbons (Fsp3) is 0.556. The number of carbonyl (C=O) groups is 1. The number of nitrogens with zero attached hydrogens (tertiary/aromatic N) is 1. The van der Waals surface area contributed by atoms with Crippen LogP contribution in [0, 0.1) is 5.92 Å². The lowest BCUT2D eigenvalue weighted by Crippen LogP contribution is -2.23. The van der Waals surface area contributed by atoms with Crippen molar-refractivity contribution in [2.24, 2.45) is 5.92 Å². The molecule has 1 heterocycles. The van der Waals surface area contributed by atoms with Crippen LogP contribution >= 0.6 is 0 Å². The van der Waals surface area contributed by atoms with Crippen molar-refractivity contribution in [1.29, 1.82) is 0 Å². The summed E-state index contributed by atoms with van der Waals surface area (Å²) in [5, 5.41) is 10.8. The highest BCUT2D eigenvalue weighted by molar-refractivity contribution is 6.00. The van der Waals surface area contributed by atoms with E-state index in [1.54, 1.807) is 6.07 Å². The molecule has 24 heavy (non-hydrogen) atoms. The highest BCUT2D eigenvalue weighted by atomic mass is 19.1. The molecule has 0 bridgehead atoms. The van der Waals surface area contributed by atoms with E-state index in [0.29, 0.717) is 24.6 Å². The molecule has 0 fully saturated rings. The molecule has 6 heteroatoms. The number of alkyl halides is 1. The Labute approximate surface area is 142 Å². The molecule has 0 aliphatic carbocycles. The molecule has 0 saturated heterocycles. The number of rotatable bonds is 10. The van der Waals surface area contributed by atoms with Gasteiger partial charge in [0.05, 0.1) is 18.8 Å². The highest BCUT2D eigenvalue weighted by Crippen LogP contribution is 2.26. The van der Waals surface area contributed by atoms with E-state index in [1.807, 2.05) is 12.1 Å². The van der Waals surface area contributed by atoms with Crippen LogP contribution in [-0.2, 0) is 4.79 Å². The normalized spacial score (nSPS) is 11.2.